The molecule has 1 atom stereocenters. The molecule has 0 aliphatic carbocycles. The van der Waals surface area contributed by atoms with Crippen molar-refractivity contribution in [3.05, 3.63) is 46.4 Å². The predicted octanol–water partition coefficient (Wildman–Crippen LogP) is 5.30. The van der Waals surface area contributed by atoms with Gasteiger partial charge in [0.25, 0.3) is 0 Å². The first-order valence-electron chi connectivity index (χ1n) is 8.53. The summed E-state index contributed by atoms with van der Waals surface area (Å²) in [5, 5.41) is 19.0. The molecule has 0 amide bonds. The number of allylic oxidation sites excluding steroid dienone is 1. The van der Waals surface area contributed by atoms with Crippen LogP contribution in [0, 0.1) is 17.2 Å². The van der Waals surface area contributed by atoms with E-state index in [9.17, 15) is 5.11 Å². The second-order valence-corrected chi connectivity index (χ2v) is 6.37. The summed E-state index contributed by atoms with van der Waals surface area (Å²) in [6.45, 7) is 6.45. The van der Waals surface area contributed by atoms with Crippen LogP contribution in [-0.2, 0) is 11.2 Å². The van der Waals surface area contributed by atoms with Crippen LogP contribution in [0.3, 0.4) is 0 Å². The molecule has 0 heterocycles. The van der Waals surface area contributed by atoms with Gasteiger partial charge in [0, 0.05) is 0 Å². The molecule has 0 spiro atoms. The minimum Gasteiger partial charge on any atom is -0.497 e. The predicted molar refractivity (Wildman–Crippen MR) is 95.2 cm³/mol. The standard InChI is InChI=1S/C19H28N2O3/c1-5-24-19(22)18(21-20)13-16(12-14(2)3)7-6-15-8-10-17(23-4)11-9-15/h8-11,14,16H,5-7,12-13H2,1-4H3/p+1/b19-18-. The third-order valence-corrected chi connectivity index (χ3v) is 3.94. The summed E-state index contributed by atoms with van der Waals surface area (Å²) >= 11 is 0. The fourth-order valence-electron chi connectivity index (χ4n) is 2.80. The molecule has 0 fully saturated rings. The van der Waals surface area contributed by atoms with E-state index < -0.39 is 0 Å². The van der Waals surface area contributed by atoms with Gasteiger partial charge in [0.2, 0.25) is 5.39 Å². The van der Waals surface area contributed by atoms with Crippen molar-refractivity contribution in [3.8, 4) is 5.75 Å². The summed E-state index contributed by atoms with van der Waals surface area (Å²) in [7, 11) is 1.66. The SMILES string of the molecule is CCO/C(O)=C(/CC(CCc1ccc(OC)cc1)CC(C)C)[N+]#N. The van der Waals surface area contributed by atoms with E-state index in [1.54, 1.807) is 14.0 Å². The first-order chi connectivity index (χ1) is 11.5. The van der Waals surface area contributed by atoms with E-state index in [1.165, 1.54) is 5.56 Å². The second-order valence-electron chi connectivity index (χ2n) is 6.37. The van der Waals surface area contributed by atoms with Gasteiger partial charge in [0.15, 0.2) is 4.98 Å². The molecule has 0 saturated carbocycles. The zero-order valence-corrected chi connectivity index (χ0v) is 15.2. The summed E-state index contributed by atoms with van der Waals surface area (Å²) in [6.07, 6.45) is 3.36. The molecule has 1 N–H and O–H groups in total. The monoisotopic (exact) mass is 333 g/mol. The Labute approximate surface area is 144 Å². The third-order valence-electron chi connectivity index (χ3n) is 3.94. The molecular weight excluding hydrogens is 304 g/mol. The maximum Gasteiger partial charge on any atom is 0.440 e. The number of hydrogen-bond donors (Lipinski definition) is 1. The van der Waals surface area contributed by atoms with Crippen molar-refractivity contribution in [1.82, 2.24) is 0 Å². The highest BCUT2D eigenvalue weighted by Gasteiger charge is 2.26. The van der Waals surface area contributed by atoms with Crippen molar-refractivity contribution in [3.63, 3.8) is 0 Å². The van der Waals surface area contributed by atoms with Crippen molar-refractivity contribution >= 4 is 0 Å². The first-order valence-corrected chi connectivity index (χ1v) is 8.53. The van der Waals surface area contributed by atoms with Crippen molar-refractivity contribution < 1.29 is 14.6 Å². The molecule has 1 rings (SSSR count). The Kier molecular flexibility index (Phi) is 8.70. The van der Waals surface area contributed by atoms with Gasteiger partial charge in [-0.3, -0.25) is 0 Å². The average Bonchev–Trinajstić information content (AvgIpc) is 2.57. The van der Waals surface area contributed by atoms with Crippen LogP contribution >= 0.6 is 0 Å². The summed E-state index contributed by atoms with van der Waals surface area (Å²) in [5.41, 5.74) is 1.46. The van der Waals surface area contributed by atoms with E-state index in [0.29, 0.717) is 24.9 Å². The number of methoxy groups -OCH3 is 1. The molecule has 0 radical (unpaired) electrons. The maximum atomic E-state index is 9.82. The summed E-state index contributed by atoms with van der Waals surface area (Å²) in [5.74, 6) is 1.40. The lowest BCUT2D eigenvalue weighted by molar-refractivity contribution is 0.0967. The van der Waals surface area contributed by atoms with Crippen molar-refractivity contribution in [2.24, 2.45) is 11.8 Å². The van der Waals surface area contributed by atoms with Gasteiger partial charge in [0.05, 0.1) is 20.1 Å². The molecule has 132 valence electrons. The Morgan fingerprint density at radius 3 is 2.42 bits per heavy atom. The van der Waals surface area contributed by atoms with Gasteiger partial charge in [-0.1, -0.05) is 26.0 Å². The van der Waals surface area contributed by atoms with Crippen LogP contribution in [-0.4, -0.2) is 18.8 Å². The molecule has 0 aliphatic rings. The first kappa shape index (κ1) is 19.8. The number of aryl methyl sites for hydroxylation is 1. The van der Waals surface area contributed by atoms with E-state index in [2.05, 4.69) is 31.0 Å². The lowest BCUT2D eigenvalue weighted by Gasteiger charge is -2.16. The topological polar surface area (TPSA) is 66.8 Å². The van der Waals surface area contributed by atoms with E-state index in [0.717, 1.165) is 25.0 Å². The van der Waals surface area contributed by atoms with Crippen LogP contribution in [0.1, 0.15) is 45.6 Å². The number of rotatable bonds is 10. The molecule has 5 heteroatoms. The van der Waals surface area contributed by atoms with Crippen LogP contribution in [0.4, 0.5) is 0 Å². The molecule has 1 unspecified atom stereocenters. The maximum absolute atomic E-state index is 9.82. The molecule has 0 bridgehead atoms. The van der Waals surface area contributed by atoms with Gasteiger partial charge in [-0.05, 0) is 55.7 Å². The molecular formula is C19H29N2O3+. The van der Waals surface area contributed by atoms with Gasteiger partial charge >= 0.3 is 11.6 Å². The smallest absolute Gasteiger partial charge is 0.440 e. The lowest BCUT2D eigenvalue weighted by atomic mass is 9.88. The third kappa shape index (κ3) is 6.91. The van der Waals surface area contributed by atoms with Crippen LogP contribution in [0.15, 0.2) is 35.9 Å². The van der Waals surface area contributed by atoms with Crippen LogP contribution < -0.4 is 4.74 Å². The number of diazo groups is 1. The van der Waals surface area contributed by atoms with E-state index in [-0.39, 0.29) is 11.6 Å². The summed E-state index contributed by atoms with van der Waals surface area (Å²) < 4.78 is 10.2. The molecule has 5 nitrogen and oxygen atoms in total. The molecule has 0 aromatic heterocycles. The van der Waals surface area contributed by atoms with Crippen LogP contribution in [0.2, 0.25) is 0 Å². The van der Waals surface area contributed by atoms with E-state index >= 15 is 0 Å². The van der Waals surface area contributed by atoms with Gasteiger partial charge in [-0.15, -0.1) is 0 Å². The van der Waals surface area contributed by atoms with E-state index in [1.807, 2.05) is 12.1 Å². The highest BCUT2D eigenvalue weighted by atomic mass is 16.6. The second kappa shape index (κ2) is 10.5. The Morgan fingerprint density at radius 1 is 1.25 bits per heavy atom. The Hall–Kier alpha value is -2.22. The molecule has 1 aromatic rings. The number of hydrogen-bond acceptors (Lipinski definition) is 4. The lowest BCUT2D eigenvalue weighted by Crippen LogP contribution is -2.09. The minimum atomic E-state index is -0.279. The summed E-state index contributed by atoms with van der Waals surface area (Å²) in [6, 6.07) is 8.05. The fraction of sp³-hybridized carbons (Fsp3) is 0.579. The number of benzene rings is 1. The van der Waals surface area contributed by atoms with Gasteiger partial charge in [-0.25, -0.2) is 0 Å². The Morgan fingerprint density at radius 2 is 1.92 bits per heavy atom. The minimum absolute atomic E-state index is 0.220. The summed E-state index contributed by atoms with van der Waals surface area (Å²) in [4.78, 5) is 3.22. The Balaban J connectivity index is 2.73. The van der Waals surface area contributed by atoms with Crippen molar-refractivity contribution in [2.45, 2.75) is 46.5 Å². The normalized spacial score (nSPS) is 13.2. The average molecular weight is 333 g/mol. The molecule has 1 aromatic carbocycles. The highest BCUT2D eigenvalue weighted by molar-refractivity contribution is 5.27. The molecule has 0 saturated heterocycles. The molecule has 24 heavy (non-hydrogen) atoms. The van der Waals surface area contributed by atoms with Gasteiger partial charge < -0.3 is 14.6 Å². The fourth-order valence-corrected chi connectivity index (χ4v) is 2.80. The number of aliphatic hydroxyl groups is 1. The van der Waals surface area contributed by atoms with Crippen molar-refractivity contribution in [2.75, 3.05) is 13.7 Å². The number of nitrogens with zero attached hydrogens (tertiary/aromatic N) is 2. The zero-order chi connectivity index (χ0) is 17.9. The van der Waals surface area contributed by atoms with Crippen LogP contribution in [0.5, 0.6) is 5.75 Å². The zero-order valence-electron chi connectivity index (χ0n) is 15.2. The molecule has 0 aliphatic heterocycles. The number of aliphatic hydroxyl groups excluding tert-OH is 1. The van der Waals surface area contributed by atoms with Crippen LogP contribution in [0.25, 0.3) is 4.98 Å². The number of ether oxygens (including phenoxy) is 2. The largest absolute Gasteiger partial charge is 0.497 e. The Bertz CT molecular complexity index is 559. The highest BCUT2D eigenvalue weighted by Crippen LogP contribution is 2.27. The quantitative estimate of drug-likeness (QED) is 0.466. The van der Waals surface area contributed by atoms with Crippen molar-refractivity contribution in [1.29, 1.82) is 5.39 Å². The van der Waals surface area contributed by atoms with Gasteiger partial charge in [-0.2, -0.15) is 0 Å². The van der Waals surface area contributed by atoms with E-state index in [4.69, 9.17) is 14.9 Å². The van der Waals surface area contributed by atoms with Gasteiger partial charge in [0.1, 0.15) is 5.75 Å².